The molecule has 0 fully saturated rings. The molecule has 24 heavy (non-hydrogen) atoms. The fourth-order valence-corrected chi connectivity index (χ4v) is 3.06. The fourth-order valence-electron chi connectivity index (χ4n) is 3.06. The molecule has 5 heteroatoms. The van der Waals surface area contributed by atoms with Crippen molar-refractivity contribution in [1.82, 2.24) is 10.3 Å². The molecule has 126 valence electrons. The van der Waals surface area contributed by atoms with Crippen molar-refractivity contribution in [2.75, 3.05) is 23.3 Å². The minimum absolute atomic E-state index is 0.0121. The van der Waals surface area contributed by atoms with E-state index in [4.69, 9.17) is 0 Å². The van der Waals surface area contributed by atoms with Gasteiger partial charge < -0.3 is 15.5 Å². The average Bonchev–Trinajstić information content (AvgIpc) is 2.63. The monoisotopic (exact) mass is 324 g/mol. The Kier molecular flexibility index (Phi) is 5.11. The van der Waals surface area contributed by atoms with E-state index < -0.39 is 0 Å². The number of fused-ring (bicyclic) bond motifs is 1. The number of benzene rings is 1. The molecule has 2 aromatic rings. The summed E-state index contributed by atoms with van der Waals surface area (Å²) < 4.78 is 0. The van der Waals surface area contributed by atoms with Crippen LogP contribution in [0.3, 0.4) is 0 Å². The van der Waals surface area contributed by atoms with Gasteiger partial charge in [0.15, 0.2) is 0 Å². The van der Waals surface area contributed by atoms with Crippen LogP contribution in [-0.2, 0) is 17.8 Å². The predicted octanol–water partition coefficient (Wildman–Crippen LogP) is 2.58. The third-order valence-corrected chi connectivity index (χ3v) is 4.50. The average molecular weight is 324 g/mol. The first-order valence-electron chi connectivity index (χ1n) is 8.53. The van der Waals surface area contributed by atoms with Gasteiger partial charge in [-0.3, -0.25) is 4.79 Å². The van der Waals surface area contributed by atoms with E-state index in [0.29, 0.717) is 6.42 Å². The molecule has 1 aliphatic heterocycles. The highest BCUT2D eigenvalue weighted by Crippen LogP contribution is 2.18. The summed E-state index contributed by atoms with van der Waals surface area (Å²) >= 11 is 0. The normalized spacial score (nSPS) is 16.3. The van der Waals surface area contributed by atoms with Gasteiger partial charge in [0.2, 0.25) is 5.91 Å². The summed E-state index contributed by atoms with van der Waals surface area (Å²) in [6.45, 7) is 6.77. The molecular weight excluding hydrogens is 300 g/mol. The minimum atomic E-state index is -0.206. The summed E-state index contributed by atoms with van der Waals surface area (Å²) in [6.07, 6.45) is 2.44. The lowest BCUT2D eigenvalue weighted by atomic mass is 9.95. The van der Waals surface area contributed by atoms with Crippen LogP contribution in [0.1, 0.15) is 25.0 Å². The van der Waals surface area contributed by atoms with Gasteiger partial charge in [0.05, 0.1) is 17.9 Å². The molecule has 1 aromatic carbocycles. The van der Waals surface area contributed by atoms with Crippen LogP contribution < -0.4 is 15.5 Å². The number of rotatable bonds is 5. The first-order chi connectivity index (χ1) is 11.7. The van der Waals surface area contributed by atoms with Crippen LogP contribution in [0.15, 0.2) is 42.6 Å². The van der Waals surface area contributed by atoms with Crippen molar-refractivity contribution in [3.63, 3.8) is 0 Å². The van der Waals surface area contributed by atoms with Crippen molar-refractivity contribution in [3.05, 3.63) is 53.7 Å². The van der Waals surface area contributed by atoms with Gasteiger partial charge >= 0.3 is 0 Å². The molecule has 0 spiro atoms. The molecule has 0 aliphatic carbocycles. The van der Waals surface area contributed by atoms with Crippen LogP contribution in [0, 0.1) is 0 Å². The van der Waals surface area contributed by atoms with Crippen molar-refractivity contribution in [3.8, 4) is 0 Å². The summed E-state index contributed by atoms with van der Waals surface area (Å²) in [6, 6.07) is 11.9. The Morgan fingerprint density at radius 2 is 1.96 bits per heavy atom. The van der Waals surface area contributed by atoms with Crippen molar-refractivity contribution in [2.24, 2.45) is 0 Å². The molecule has 0 radical (unpaired) electrons. The summed E-state index contributed by atoms with van der Waals surface area (Å²) in [5.74, 6) is 0.921. The topological polar surface area (TPSA) is 57.3 Å². The minimum Gasteiger partial charge on any atom is -0.357 e. The highest BCUT2D eigenvalue weighted by atomic mass is 16.2. The van der Waals surface area contributed by atoms with Crippen LogP contribution in [-0.4, -0.2) is 30.0 Å². The molecule has 5 nitrogen and oxygen atoms in total. The van der Waals surface area contributed by atoms with Crippen molar-refractivity contribution < 1.29 is 4.79 Å². The quantitative estimate of drug-likeness (QED) is 0.887. The van der Waals surface area contributed by atoms with Gasteiger partial charge in [0, 0.05) is 19.6 Å². The van der Waals surface area contributed by atoms with Crippen LogP contribution in [0.25, 0.3) is 0 Å². The molecule has 3 rings (SSSR count). The zero-order chi connectivity index (χ0) is 16.9. The van der Waals surface area contributed by atoms with E-state index in [0.717, 1.165) is 31.1 Å². The van der Waals surface area contributed by atoms with Crippen LogP contribution in [0.2, 0.25) is 0 Å². The summed E-state index contributed by atoms with van der Waals surface area (Å²) in [5.41, 5.74) is 3.25. The van der Waals surface area contributed by atoms with Crippen LogP contribution >= 0.6 is 0 Å². The molecule has 0 saturated carbocycles. The number of amides is 1. The van der Waals surface area contributed by atoms with E-state index in [1.807, 2.05) is 24.3 Å². The van der Waals surface area contributed by atoms with E-state index in [2.05, 4.69) is 46.5 Å². The number of aromatic nitrogens is 1. The molecule has 1 amide bonds. The van der Waals surface area contributed by atoms with Crippen molar-refractivity contribution >= 4 is 17.4 Å². The Morgan fingerprint density at radius 3 is 2.62 bits per heavy atom. The van der Waals surface area contributed by atoms with Crippen molar-refractivity contribution in [1.29, 1.82) is 0 Å². The second-order valence-electron chi connectivity index (χ2n) is 5.97. The molecule has 1 aliphatic rings. The lowest BCUT2D eigenvalue weighted by Crippen LogP contribution is -2.44. The standard InChI is InChI=1S/C19H24N4O/c1-3-23(4-2)18-10-9-16(13-21-18)22-19(24)17-11-14-7-5-6-8-15(14)12-20-17/h5-10,13,17,20H,3-4,11-12H2,1-2H3,(H,22,24). The third kappa shape index (κ3) is 3.57. The molecule has 1 aromatic heterocycles. The molecule has 0 bridgehead atoms. The van der Waals surface area contributed by atoms with Gasteiger partial charge in [-0.25, -0.2) is 4.98 Å². The zero-order valence-electron chi connectivity index (χ0n) is 14.2. The van der Waals surface area contributed by atoms with E-state index in [1.54, 1.807) is 6.20 Å². The van der Waals surface area contributed by atoms with Gasteiger partial charge in [-0.15, -0.1) is 0 Å². The molecule has 2 heterocycles. The number of hydrogen-bond donors (Lipinski definition) is 2. The summed E-state index contributed by atoms with van der Waals surface area (Å²) in [5, 5.41) is 6.26. The molecular formula is C19H24N4O. The second-order valence-corrected chi connectivity index (χ2v) is 5.97. The largest absolute Gasteiger partial charge is 0.357 e. The highest BCUT2D eigenvalue weighted by Gasteiger charge is 2.23. The third-order valence-electron chi connectivity index (χ3n) is 4.50. The number of pyridine rings is 1. The van der Waals surface area contributed by atoms with Crippen LogP contribution in [0.5, 0.6) is 0 Å². The Labute approximate surface area is 143 Å². The van der Waals surface area contributed by atoms with Gasteiger partial charge in [0.25, 0.3) is 0 Å². The maximum atomic E-state index is 12.5. The maximum absolute atomic E-state index is 12.5. The smallest absolute Gasteiger partial charge is 0.241 e. The molecule has 2 N–H and O–H groups in total. The lowest BCUT2D eigenvalue weighted by Gasteiger charge is -2.25. The van der Waals surface area contributed by atoms with Gasteiger partial charge in [-0.05, 0) is 43.5 Å². The Hall–Kier alpha value is -2.40. The zero-order valence-corrected chi connectivity index (χ0v) is 14.2. The lowest BCUT2D eigenvalue weighted by molar-refractivity contribution is -0.118. The van der Waals surface area contributed by atoms with Crippen molar-refractivity contribution in [2.45, 2.75) is 32.9 Å². The Morgan fingerprint density at radius 1 is 1.21 bits per heavy atom. The van der Waals surface area contributed by atoms with E-state index >= 15 is 0 Å². The molecule has 1 unspecified atom stereocenters. The maximum Gasteiger partial charge on any atom is 0.241 e. The van der Waals surface area contributed by atoms with E-state index in [-0.39, 0.29) is 11.9 Å². The SMILES string of the molecule is CCN(CC)c1ccc(NC(=O)C2Cc3ccccc3CN2)cn1. The Bertz CT molecular complexity index is 695. The van der Waals surface area contributed by atoms with Gasteiger partial charge in [0.1, 0.15) is 5.82 Å². The number of anilines is 2. The Balaban J connectivity index is 1.63. The van der Waals surface area contributed by atoms with Crippen LogP contribution in [0.4, 0.5) is 11.5 Å². The summed E-state index contributed by atoms with van der Waals surface area (Å²) in [4.78, 5) is 19.1. The highest BCUT2D eigenvalue weighted by molar-refractivity contribution is 5.95. The number of carbonyl (C=O) groups is 1. The number of nitrogens with zero attached hydrogens (tertiary/aromatic N) is 2. The van der Waals surface area contributed by atoms with Gasteiger partial charge in [-0.2, -0.15) is 0 Å². The first-order valence-corrected chi connectivity index (χ1v) is 8.53. The first kappa shape index (κ1) is 16.5. The summed E-state index contributed by atoms with van der Waals surface area (Å²) in [7, 11) is 0. The van der Waals surface area contributed by atoms with E-state index in [9.17, 15) is 4.79 Å². The number of carbonyl (C=O) groups excluding carboxylic acids is 1. The molecule has 0 saturated heterocycles. The number of hydrogen-bond acceptors (Lipinski definition) is 4. The second kappa shape index (κ2) is 7.45. The fraction of sp³-hybridized carbons (Fsp3) is 0.368. The number of nitrogens with one attached hydrogen (secondary N) is 2. The van der Waals surface area contributed by atoms with Gasteiger partial charge in [-0.1, -0.05) is 24.3 Å². The molecule has 1 atom stereocenters. The predicted molar refractivity (Wildman–Crippen MR) is 97.2 cm³/mol. The van der Waals surface area contributed by atoms with E-state index in [1.165, 1.54) is 11.1 Å².